The van der Waals surface area contributed by atoms with E-state index in [-0.39, 0.29) is 0 Å². The van der Waals surface area contributed by atoms with Gasteiger partial charge in [0, 0.05) is 51.8 Å². The molecule has 1 aliphatic heterocycles. The van der Waals surface area contributed by atoms with Gasteiger partial charge in [0.1, 0.15) is 11.5 Å². The minimum atomic E-state index is 0.730. The summed E-state index contributed by atoms with van der Waals surface area (Å²) in [6.07, 6.45) is 7.21. The fourth-order valence-electron chi connectivity index (χ4n) is 3.18. The largest absolute Gasteiger partial charge is 0.463 e. The zero-order valence-corrected chi connectivity index (χ0v) is 14.6. The van der Waals surface area contributed by atoms with Gasteiger partial charge in [0.15, 0.2) is 5.76 Å². The molecule has 0 saturated carbocycles. The highest BCUT2D eigenvalue weighted by Crippen LogP contribution is 2.30. The maximum absolute atomic E-state index is 5.62. The molecule has 130 valence electrons. The smallest absolute Gasteiger partial charge is 0.226 e. The van der Waals surface area contributed by atoms with Gasteiger partial charge in [-0.15, -0.1) is 0 Å². The molecule has 3 aromatic rings. The number of likely N-dealkylation sites (N-methyl/N-ethyl adjacent to an activating group) is 1. The van der Waals surface area contributed by atoms with Crippen molar-refractivity contribution in [3.63, 3.8) is 0 Å². The number of aromatic nitrogens is 4. The number of anilines is 1. The molecule has 7 heteroatoms. The molecule has 25 heavy (non-hydrogen) atoms. The molecule has 0 amide bonds. The van der Waals surface area contributed by atoms with E-state index >= 15 is 0 Å². The molecule has 0 N–H and O–H groups in total. The molecule has 0 radical (unpaired) electrons. The Labute approximate surface area is 146 Å². The Morgan fingerprint density at radius 3 is 2.64 bits per heavy atom. The molecule has 0 aliphatic carbocycles. The van der Waals surface area contributed by atoms with Crippen molar-refractivity contribution in [2.24, 2.45) is 7.05 Å². The number of hydrogen-bond donors (Lipinski definition) is 0. The Morgan fingerprint density at radius 1 is 1.16 bits per heavy atom. The van der Waals surface area contributed by atoms with E-state index in [0.29, 0.717) is 0 Å². The molecule has 0 unspecified atom stereocenters. The van der Waals surface area contributed by atoms with E-state index in [9.17, 15) is 0 Å². The van der Waals surface area contributed by atoms with Crippen LogP contribution in [0, 0.1) is 0 Å². The summed E-state index contributed by atoms with van der Waals surface area (Å²) in [7, 11) is 1.96. The van der Waals surface area contributed by atoms with Crippen LogP contribution in [0.3, 0.4) is 0 Å². The average molecular weight is 338 g/mol. The number of rotatable bonds is 4. The van der Waals surface area contributed by atoms with Gasteiger partial charge in [-0.25, -0.2) is 15.0 Å². The van der Waals surface area contributed by atoms with Crippen molar-refractivity contribution in [3.8, 4) is 22.8 Å². The topological polar surface area (TPSA) is 63.2 Å². The van der Waals surface area contributed by atoms with Gasteiger partial charge in [-0.2, -0.15) is 0 Å². The number of imidazole rings is 1. The van der Waals surface area contributed by atoms with Crippen LogP contribution in [0.4, 0.5) is 5.95 Å². The summed E-state index contributed by atoms with van der Waals surface area (Å²) in [5.41, 5.74) is 1.65. The normalized spacial score (nSPS) is 15.7. The molecule has 1 aliphatic rings. The van der Waals surface area contributed by atoms with Crippen molar-refractivity contribution in [2.75, 3.05) is 37.6 Å². The third-order valence-corrected chi connectivity index (χ3v) is 4.70. The lowest BCUT2D eigenvalue weighted by atomic mass is 10.1. The maximum Gasteiger partial charge on any atom is 0.226 e. The van der Waals surface area contributed by atoms with Crippen LogP contribution in [0.15, 0.2) is 41.4 Å². The van der Waals surface area contributed by atoms with E-state index in [0.717, 1.165) is 61.5 Å². The van der Waals surface area contributed by atoms with Crippen molar-refractivity contribution in [2.45, 2.75) is 6.92 Å². The molecule has 3 aromatic heterocycles. The second-order valence-electron chi connectivity index (χ2n) is 6.19. The van der Waals surface area contributed by atoms with Crippen molar-refractivity contribution < 1.29 is 4.42 Å². The molecular formula is C18H22N6O. The van der Waals surface area contributed by atoms with Gasteiger partial charge in [0.25, 0.3) is 0 Å². The first-order valence-electron chi connectivity index (χ1n) is 8.62. The van der Waals surface area contributed by atoms with Crippen LogP contribution >= 0.6 is 0 Å². The molecule has 0 atom stereocenters. The average Bonchev–Trinajstić information content (AvgIpc) is 3.33. The number of furan rings is 1. The van der Waals surface area contributed by atoms with E-state index in [2.05, 4.69) is 26.7 Å². The molecule has 4 rings (SSSR count). The zero-order chi connectivity index (χ0) is 17.2. The molecule has 1 saturated heterocycles. The van der Waals surface area contributed by atoms with Crippen molar-refractivity contribution in [3.05, 3.63) is 37.0 Å². The zero-order valence-electron chi connectivity index (χ0n) is 14.6. The van der Waals surface area contributed by atoms with Crippen LogP contribution in [0.1, 0.15) is 6.92 Å². The standard InChI is InChI=1S/C18H22N6O/c1-3-23-8-10-24(11-9-23)18-20-13-14(17-19-6-7-22(17)2)16(21-18)15-5-4-12-25-15/h4-7,12-13H,3,8-11H2,1-2H3. The lowest BCUT2D eigenvalue weighted by Gasteiger charge is -2.34. The van der Waals surface area contributed by atoms with E-state index in [1.165, 1.54) is 0 Å². The van der Waals surface area contributed by atoms with E-state index in [1.54, 1.807) is 12.5 Å². The number of hydrogen-bond acceptors (Lipinski definition) is 6. The highest BCUT2D eigenvalue weighted by Gasteiger charge is 2.21. The van der Waals surface area contributed by atoms with E-state index in [1.807, 2.05) is 36.1 Å². The second-order valence-corrected chi connectivity index (χ2v) is 6.19. The Hall–Kier alpha value is -2.67. The maximum atomic E-state index is 5.62. The lowest BCUT2D eigenvalue weighted by molar-refractivity contribution is 0.270. The second kappa shape index (κ2) is 6.68. The summed E-state index contributed by atoms with van der Waals surface area (Å²) in [6, 6.07) is 3.80. The van der Waals surface area contributed by atoms with Gasteiger partial charge in [0.05, 0.1) is 11.8 Å². The fraction of sp³-hybridized carbons (Fsp3) is 0.389. The Bertz CT molecular complexity index is 833. The molecular weight excluding hydrogens is 316 g/mol. The molecule has 0 spiro atoms. The van der Waals surface area contributed by atoms with Crippen LogP contribution in [0.25, 0.3) is 22.8 Å². The molecule has 4 heterocycles. The minimum Gasteiger partial charge on any atom is -0.463 e. The predicted octanol–water partition coefficient (Wildman–Crippen LogP) is 2.28. The fourth-order valence-corrected chi connectivity index (χ4v) is 3.18. The summed E-state index contributed by atoms with van der Waals surface area (Å²) in [5.74, 6) is 2.31. The van der Waals surface area contributed by atoms with Crippen molar-refractivity contribution in [1.82, 2.24) is 24.4 Å². The van der Waals surface area contributed by atoms with Gasteiger partial charge < -0.3 is 18.8 Å². The Kier molecular flexibility index (Phi) is 4.23. The molecule has 1 fully saturated rings. The first kappa shape index (κ1) is 15.8. The molecule has 0 bridgehead atoms. The van der Waals surface area contributed by atoms with Crippen molar-refractivity contribution in [1.29, 1.82) is 0 Å². The minimum absolute atomic E-state index is 0.730. The number of nitrogens with zero attached hydrogens (tertiary/aromatic N) is 6. The van der Waals surface area contributed by atoms with Crippen LogP contribution in [0.5, 0.6) is 0 Å². The van der Waals surface area contributed by atoms with Gasteiger partial charge >= 0.3 is 0 Å². The third-order valence-electron chi connectivity index (χ3n) is 4.70. The third kappa shape index (κ3) is 3.02. The Morgan fingerprint density at radius 2 is 2.00 bits per heavy atom. The monoisotopic (exact) mass is 338 g/mol. The summed E-state index contributed by atoms with van der Waals surface area (Å²) in [6.45, 7) is 7.24. The van der Waals surface area contributed by atoms with Crippen LogP contribution in [-0.4, -0.2) is 57.1 Å². The first-order chi connectivity index (χ1) is 12.3. The predicted molar refractivity (Wildman–Crippen MR) is 96.3 cm³/mol. The first-order valence-corrected chi connectivity index (χ1v) is 8.62. The highest BCUT2D eigenvalue weighted by molar-refractivity contribution is 5.75. The van der Waals surface area contributed by atoms with E-state index < -0.39 is 0 Å². The van der Waals surface area contributed by atoms with Crippen LogP contribution in [-0.2, 0) is 7.05 Å². The summed E-state index contributed by atoms with van der Waals surface area (Å²) in [5, 5.41) is 0. The summed E-state index contributed by atoms with van der Waals surface area (Å²) >= 11 is 0. The van der Waals surface area contributed by atoms with Gasteiger partial charge in [-0.3, -0.25) is 0 Å². The van der Waals surface area contributed by atoms with Gasteiger partial charge in [0.2, 0.25) is 5.95 Å². The summed E-state index contributed by atoms with van der Waals surface area (Å²) < 4.78 is 7.58. The van der Waals surface area contributed by atoms with E-state index in [4.69, 9.17) is 9.40 Å². The summed E-state index contributed by atoms with van der Waals surface area (Å²) in [4.78, 5) is 18.6. The van der Waals surface area contributed by atoms with Crippen LogP contribution in [0.2, 0.25) is 0 Å². The number of piperazine rings is 1. The molecule has 7 nitrogen and oxygen atoms in total. The molecule has 0 aromatic carbocycles. The SMILES string of the molecule is CCN1CCN(c2ncc(-c3nccn3C)c(-c3ccco3)n2)CC1. The highest BCUT2D eigenvalue weighted by atomic mass is 16.3. The van der Waals surface area contributed by atoms with Gasteiger partial charge in [-0.05, 0) is 18.7 Å². The Balaban J connectivity index is 1.72. The number of aryl methyl sites for hydroxylation is 1. The lowest BCUT2D eigenvalue weighted by Crippen LogP contribution is -2.46. The van der Waals surface area contributed by atoms with Crippen LogP contribution < -0.4 is 4.90 Å². The van der Waals surface area contributed by atoms with Gasteiger partial charge in [-0.1, -0.05) is 6.92 Å². The quantitative estimate of drug-likeness (QED) is 0.727. The van der Waals surface area contributed by atoms with Crippen molar-refractivity contribution >= 4 is 5.95 Å².